The number of nitrogens with zero attached hydrogens (tertiary/aromatic N) is 1. The molecule has 1 saturated heterocycles. The quantitative estimate of drug-likeness (QED) is 0.208. The van der Waals surface area contributed by atoms with E-state index in [4.69, 9.17) is 23.7 Å². The summed E-state index contributed by atoms with van der Waals surface area (Å²) in [6.07, 6.45) is -2.38. The van der Waals surface area contributed by atoms with E-state index in [9.17, 15) is 24.3 Å². The van der Waals surface area contributed by atoms with Crippen LogP contribution >= 0.6 is 0 Å². The third-order valence-electron chi connectivity index (χ3n) is 7.37. The number of fused-ring (bicyclic) bond motifs is 1. The Bertz CT molecular complexity index is 1490. The molecule has 0 radical (unpaired) electrons. The highest BCUT2D eigenvalue weighted by molar-refractivity contribution is 6.00. The Hall–Kier alpha value is -5.10. The smallest absolute Gasteiger partial charge is 0.410 e. The summed E-state index contributed by atoms with van der Waals surface area (Å²) in [5.41, 5.74) is 0.697. The van der Waals surface area contributed by atoms with Gasteiger partial charge in [-0.3, -0.25) is 14.5 Å². The minimum absolute atomic E-state index is 0.0229. The Morgan fingerprint density at radius 3 is 2.32 bits per heavy atom. The Balaban J connectivity index is 1.50. The normalized spacial score (nSPS) is 19.3. The van der Waals surface area contributed by atoms with E-state index < -0.39 is 36.2 Å². The van der Waals surface area contributed by atoms with E-state index in [0.29, 0.717) is 30.5 Å². The molecule has 3 atom stereocenters. The van der Waals surface area contributed by atoms with Crippen molar-refractivity contribution in [3.05, 3.63) is 89.5 Å². The number of amides is 2. The molecule has 2 N–H and O–H groups in total. The van der Waals surface area contributed by atoms with Gasteiger partial charge in [-0.25, -0.2) is 9.59 Å². The van der Waals surface area contributed by atoms with E-state index in [1.807, 2.05) is 0 Å². The van der Waals surface area contributed by atoms with Gasteiger partial charge in [-0.05, 0) is 67.4 Å². The summed E-state index contributed by atoms with van der Waals surface area (Å²) in [7, 11) is 1.48. The first-order valence-electron chi connectivity index (χ1n) is 14.1. The van der Waals surface area contributed by atoms with E-state index in [2.05, 4.69) is 5.32 Å². The van der Waals surface area contributed by atoms with Gasteiger partial charge in [0.2, 0.25) is 6.23 Å². The Kier molecular flexibility index (Phi) is 9.60. The monoisotopic (exact) mass is 604 g/mol. The van der Waals surface area contributed by atoms with E-state index in [1.54, 1.807) is 48.5 Å². The zero-order valence-corrected chi connectivity index (χ0v) is 24.0. The highest BCUT2D eigenvalue weighted by atomic mass is 16.7. The van der Waals surface area contributed by atoms with Crippen LogP contribution in [0.25, 0.3) is 0 Å². The van der Waals surface area contributed by atoms with E-state index in [0.717, 1.165) is 4.90 Å². The summed E-state index contributed by atoms with van der Waals surface area (Å²) >= 11 is 0. The summed E-state index contributed by atoms with van der Waals surface area (Å²) in [6.45, 7) is 0.713. The maximum Gasteiger partial charge on any atom is 0.410 e. The van der Waals surface area contributed by atoms with Crippen LogP contribution in [0.15, 0.2) is 72.8 Å². The number of nitrogens with one attached hydrogen (secondary N) is 1. The molecule has 2 heterocycles. The number of Topliss-reactive ketones (excluding diaryl/α,β-unsaturated/α-hetero) is 1. The standard InChI is InChI=1S/C32H32N2O10/c1-40-19-43-23-12-9-20(10-13-23)29(36)33-27-24(28(35)22-11-14-25-26(18-22)42-17-16-41-25)8-5-15-34(32(38)39)30(27)44-31(37)21-6-3-2-4-7-21/h2-4,6-7,9-14,18,24,27,30H,5,8,15-17,19H2,1H3,(H,33,36)(H,38,39). The highest BCUT2D eigenvalue weighted by Crippen LogP contribution is 2.34. The van der Waals surface area contributed by atoms with Crippen molar-refractivity contribution >= 4 is 23.8 Å². The molecule has 0 aliphatic carbocycles. The van der Waals surface area contributed by atoms with Crippen LogP contribution < -0.4 is 19.5 Å². The largest absolute Gasteiger partial charge is 0.486 e. The van der Waals surface area contributed by atoms with Crippen molar-refractivity contribution in [3.8, 4) is 17.2 Å². The van der Waals surface area contributed by atoms with Gasteiger partial charge in [0, 0.05) is 30.7 Å². The average Bonchev–Trinajstić information content (AvgIpc) is 3.23. The number of benzene rings is 3. The Morgan fingerprint density at radius 1 is 0.909 bits per heavy atom. The van der Waals surface area contributed by atoms with Crippen LogP contribution in [0.5, 0.6) is 17.2 Å². The van der Waals surface area contributed by atoms with Crippen LogP contribution in [0.1, 0.15) is 43.9 Å². The van der Waals surface area contributed by atoms with Crippen molar-refractivity contribution in [2.75, 3.05) is 33.7 Å². The number of rotatable bonds is 9. The van der Waals surface area contributed by atoms with Gasteiger partial charge in [0.05, 0.1) is 11.6 Å². The molecule has 0 saturated carbocycles. The van der Waals surface area contributed by atoms with Gasteiger partial charge < -0.3 is 34.1 Å². The van der Waals surface area contributed by atoms with Gasteiger partial charge in [-0.1, -0.05) is 18.2 Å². The van der Waals surface area contributed by atoms with E-state index >= 15 is 0 Å². The molecule has 44 heavy (non-hydrogen) atoms. The average molecular weight is 605 g/mol. The van der Waals surface area contributed by atoms with Crippen molar-refractivity contribution in [3.63, 3.8) is 0 Å². The third-order valence-corrected chi connectivity index (χ3v) is 7.37. The van der Waals surface area contributed by atoms with Crippen molar-refractivity contribution < 1.29 is 48.0 Å². The molecule has 2 amide bonds. The number of likely N-dealkylation sites (tertiary alicyclic amines) is 1. The molecule has 3 aromatic carbocycles. The summed E-state index contributed by atoms with van der Waals surface area (Å²) in [5, 5.41) is 13.0. The van der Waals surface area contributed by atoms with Gasteiger partial charge in [0.1, 0.15) is 19.0 Å². The van der Waals surface area contributed by atoms with Gasteiger partial charge in [-0.15, -0.1) is 0 Å². The summed E-state index contributed by atoms with van der Waals surface area (Å²) in [5.74, 6) is -1.34. The number of carboxylic acid groups (broad SMARTS) is 1. The Labute approximate surface area is 253 Å². The SMILES string of the molecule is COCOc1ccc(C(=O)NC2C(C(=O)c3ccc4c(c3)OCCO4)CCCN(C(=O)O)C2OC(=O)c2ccccc2)cc1. The van der Waals surface area contributed by atoms with Crippen LogP contribution in [0, 0.1) is 5.92 Å². The Morgan fingerprint density at radius 2 is 1.61 bits per heavy atom. The number of hydrogen-bond acceptors (Lipinski definition) is 9. The predicted molar refractivity (Wildman–Crippen MR) is 155 cm³/mol. The number of carbonyl (C=O) groups is 4. The molecule has 12 heteroatoms. The fourth-order valence-electron chi connectivity index (χ4n) is 5.22. The maximum atomic E-state index is 14.1. The van der Waals surface area contributed by atoms with Crippen LogP contribution in [-0.4, -0.2) is 79.7 Å². The van der Waals surface area contributed by atoms with Crippen LogP contribution in [0.2, 0.25) is 0 Å². The fourth-order valence-corrected chi connectivity index (χ4v) is 5.22. The molecule has 0 bridgehead atoms. The summed E-state index contributed by atoms with van der Waals surface area (Å²) in [4.78, 5) is 54.3. The lowest BCUT2D eigenvalue weighted by Gasteiger charge is -2.35. The first-order valence-corrected chi connectivity index (χ1v) is 14.1. The van der Waals surface area contributed by atoms with Crippen LogP contribution in [0.3, 0.4) is 0 Å². The second-order valence-electron chi connectivity index (χ2n) is 10.2. The molecule has 2 aliphatic rings. The van der Waals surface area contributed by atoms with Gasteiger partial charge in [-0.2, -0.15) is 0 Å². The molecule has 230 valence electrons. The zero-order chi connectivity index (χ0) is 31.1. The number of carbonyl (C=O) groups excluding carboxylic acids is 3. The first-order chi connectivity index (χ1) is 21.4. The second-order valence-corrected chi connectivity index (χ2v) is 10.2. The third kappa shape index (κ3) is 6.92. The van der Waals surface area contributed by atoms with Crippen LogP contribution in [-0.2, 0) is 9.47 Å². The van der Waals surface area contributed by atoms with Crippen molar-refractivity contribution in [1.29, 1.82) is 0 Å². The molecule has 3 unspecified atom stereocenters. The van der Waals surface area contributed by atoms with Gasteiger partial charge in [0.15, 0.2) is 24.1 Å². The molecule has 12 nitrogen and oxygen atoms in total. The molecule has 1 fully saturated rings. The van der Waals surface area contributed by atoms with Crippen molar-refractivity contribution in [1.82, 2.24) is 10.2 Å². The van der Waals surface area contributed by atoms with E-state index in [1.165, 1.54) is 31.4 Å². The molecule has 0 aromatic heterocycles. The van der Waals surface area contributed by atoms with Crippen molar-refractivity contribution in [2.24, 2.45) is 5.92 Å². The minimum atomic E-state index is -1.51. The number of methoxy groups -OCH3 is 1. The number of hydrogen-bond donors (Lipinski definition) is 2. The number of ether oxygens (including phenoxy) is 5. The van der Waals surface area contributed by atoms with Gasteiger partial charge in [0.25, 0.3) is 5.91 Å². The van der Waals surface area contributed by atoms with Crippen molar-refractivity contribution in [2.45, 2.75) is 25.1 Å². The molecule has 5 rings (SSSR count). The lowest BCUT2D eigenvalue weighted by molar-refractivity contribution is -0.0416. The summed E-state index contributed by atoms with van der Waals surface area (Å²) < 4.78 is 27.3. The maximum absolute atomic E-state index is 14.1. The predicted octanol–water partition coefficient (Wildman–Crippen LogP) is 3.99. The molecular weight excluding hydrogens is 572 g/mol. The number of ketones is 1. The summed E-state index contributed by atoms with van der Waals surface area (Å²) in [6, 6.07) is 17.8. The number of esters is 1. The van der Waals surface area contributed by atoms with E-state index in [-0.39, 0.29) is 48.7 Å². The second kappa shape index (κ2) is 13.9. The zero-order valence-electron chi connectivity index (χ0n) is 24.0. The lowest BCUT2D eigenvalue weighted by Crippen LogP contribution is -2.58. The molecule has 3 aromatic rings. The lowest BCUT2D eigenvalue weighted by atomic mass is 9.86. The minimum Gasteiger partial charge on any atom is -0.486 e. The highest BCUT2D eigenvalue weighted by Gasteiger charge is 2.45. The molecular formula is C32H32N2O10. The molecule has 2 aliphatic heterocycles. The van der Waals surface area contributed by atoms with Crippen LogP contribution in [0.4, 0.5) is 4.79 Å². The molecule has 0 spiro atoms. The first kappa shape index (κ1) is 30.4. The fraction of sp³-hybridized carbons (Fsp3) is 0.312. The topological polar surface area (TPSA) is 150 Å². The van der Waals surface area contributed by atoms with Gasteiger partial charge >= 0.3 is 12.1 Å².